The molecule has 3 N–H and O–H groups in total. The van der Waals surface area contributed by atoms with Crippen LogP contribution >= 0.6 is 15.9 Å². The molecule has 1 aliphatic rings. The Labute approximate surface area is 98.6 Å². The minimum Gasteiger partial charge on any atom is -0.369 e. The highest BCUT2D eigenvalue weighted by molar-refractivity contribution is 9.10. The molecule has 2 rings (SSSR count). The van der Waals surface area contributed by atoms with Gasteiger partial charge in [0.05, 0.1) is 4.47 Å². The minimum atomic E-state index is 0.361. The number of halogens is 1. The molecule has 0 aromatic carbocycles. The van der Waals surface area contributed by atoms with E-state index in [9.17, 15) is 0 Å². The van der Waals surface area contributed by atoms with Gasteiger partial charge in [-0.25, -0.2) is 4.98 Å². The highest BCUT2D eigenvalue weighted by Gasteiger charge is 2.23. The molecule has 1 heterocycles. The molecule has 1 aliphatic carbocycles. The molecule has 0 radical (unpaired) electrons. The molecule has 0 bridgehead atoms. The summed E-state index contributed by atoms with van der Waals surface area (Å²) in [7, 11) is 0. The van der Waals surface area contributed by atoms with Gasteiger partial charge < -0.3 is 11.1 Å². The van der Waals surface area contributed by atoms with E-state index in [0.717, 1.165) is 23.3 Å². The lowest BCUT2D eigenvalue weighted by atomic mass is 10.1. The molecule has 2 atom stereocenters. The van der Waals surface area contributed by atoms with Crippen molar-refractivity contribution in [1.29, 1.82) is 0 Å². The van der Waals surface area contributed by atoms with Crippen LogP contribution in [0.3, 0.4) is 0 Å². The Morgan fingerprint density at radius 1 is 1.53 bits per heavy atom. The van der Waals surface area contributed by atoms with Crippen LogP contribution in [0.15, 0.2) is 22.8 Å². The first kappa shape index (κ1) is 10.9. The number of rotatable bonds is 3. The molecule has 0 aliphatic heterocycles. The van der Waals surface area contributed by atoms with Crippen molar-refractivity contribution in [2.24, 2.45) is 11.7 Å². The topological polar surface area (TPSA) is 50.9 Å². The van der Waals surface area contributed by atoms with Crippen LogP contribution in [0.2, 0.25) is 0 Å². The Morgan fingerprint density at radius 2 is 2.40 bits per heavy atom. The van der Waals surface area contributed by atoms with Gasteiger partial charge in [0.1, 0.15) is 5.82 Å². The average molecular weight is 270 g/mol. The number of anilines is 1. The zero-order chi connectivity index (χ0) is 10.7. The average Bonchev–Trinajstić information content (AvgIpc) is 2.63. The number of nitrogens with two attached hydrogens (primary N) is 1. The quantitative estimate of drug-likeness (QED) is 0.886. The summed E-state index contributed by atoms with van der Waals surface area (Å²) in [6.45, 7) is 0.927. The van der Waals surface area contributed by atoms with Gasteiger partial charge >= 0.3 is 0 Å². The number of nitrogens with zero attached hydrogens (tertiary/aromatic N) is 1. The largest absolute Gasteiger partial charge is 0.369 e. The predicted molar refractivity (Wildman–Crippen MR) is 65.7 cm³/mol. The van der Waals surface area contributed by atoms with Gasteiger partial charge in [-0.05, 0) is 46.8 Å². The van der Waals surface area contributed by atoms with Crippen molar-refractivity contribution in [3.05, 3.63) is 22.8 Å². The molecule has 82 valence electrons. The first-order chi connectivity index (χ1) is 7.27. The van der Waals surface area contributed by atoms with Crippen molar-refractivity contribution in [2.75, 3.05) is 11.9 Å². The molecule has 2 unspecified atom stereocenters. The van der Waals surface area contributed by atoms with Crippen LogP contribution < -0.4 is 11.1 Å². The van der Waals surface area contributed by atoms with Crippen LogP contribution in [-0.2, 0) is 0 Å². The van der Waals surface area contributed by atoms with E-state index >= 15 is 0 Å². The van der Waals surface area contributed by atoms with Gasteiger partial charge in [0, 0.05) is 18.8 Å². The summed E-state index contributed by atoms with van der Waals surface area (Å²) < 4.78 is 1.01. The van der Waals surface area contributed by atoms with E-state index in [2.05, 4.69) is 26.2 Å². The summed E-state index contributed by atoms with van der Waals surface area (Å²) in [6.07, 6.45) is 5.45. The monoisotopic (exact) mass is 269 g/mol. The predicted octanol–water partition coefficient (Wildman–Crippen LogP) is 2.38. The zero-order valence-electron chi connectivity index (χ0n) is 8.62. The van der Waals surface area contributed by atoms with E-state index in [1.165, 1.54) is 12.8 Å². The number of hydrogen-bond donors (Lipinski definition) is 2. The van der Waals surface area contributed by atoms with Gasteiger partial charge in [-0.1, -0.05) is 6.42 Å². The lowest BCUT2D eigenvalue weighted by Gasteiger charge is -2.16. The van der Waals surface area contributed by atoms with E-state index in [4.69, 9.17) is 5.73 Å². The van der Waals surface area contributed by atoms with Crippen LogP contribution in [-0.4, -0.2) is 17.6 Å². The maximum Gasteiger partial charge on any atom is 0.140 e. The summed E-state index contributed by atoms with van der Waals surface area (Å²) in [4.78, 5) is 4.27. The molecule has 1 fully saturated rings. The third-order valence-corrected chi connectivity index (χ3v) is 3.65. The fraction of sp³-hybridized carbons (Fsp3) is 0.545. The normalized spacial score (nSPS) is 25.5. The van der Waals surface area contributed by atoms with Gasteiger partial charge in [-0.3, -0.25) is 0 Å². The lowest BCUT2D eigenvalue weighted by molar-refractivity contribution is 0.504. The maximum atomic E-state index is 6.01. The molecule has 1 aromatic rings. The second-order valence-corrected chi connectivity index (χ2v) is 4.92. The van der Waals surface area contributed by atoms with E-state index in [-0.39, 0.29) is 0 Å². The Morgan fingerprint density at radius 3 is 3.07 bits per heavy atom. The molecule has 3 nitrogen and oxygen atoms in total. The molecule has 0 amide bonds. The summed E-state index contributed by atoms with van der Waals surface area (Å²) in [5.74, 6) is 1.51. The zero-order valence-corrected chi connectivity index (χ0v) is 10.2. The van der Waals surface area contributed by atoms with Gasteiger partial charge in [0.15, 0.2) is 0 Å². The molecule has 0 spiro atoms. The number of pyridine rings is 1. The fourth-order valence-corrected chi connectivity index (χ4v) is 2.46. The number of nitrogens with one attached hydrogen (secondary N) is 1. The van der Waals surface area contributed by atoms with Gasteiger partial charge in [-0.15, -0.1) is 0 Å². The van der Waals surface area contributed by atoms with Crippen LogP contribution in [0.1, 0.15) is 19.3 Å². The Hall–Kier alpha value is -0.610. The Balaban J connectivity index is 1.90. The highest BCUT2D eigenvalue weighted by Crippen LogP contribution is 2.25. The van der Waals surface area contributed by atoms with Crippen molar-refractivity contribution >= 4 is 21.7 Å². The number of hydrogen-bond acceptors (Lipinski definition) is 3. The van der Waals surface area contributed by atoms with Gasteiger partial charge in [0.25, 0.3) is 0 Å². The molecule has 15 heavy (non-hydrogen) atoms. The van der Waals surface area contributed by atoms with E-state index in [1.807, 2.05) is 12.1 Å². The van der Waals surface area contributed by atoms with Crippen LogP contribution in [0.25, 0.3) is 0 Å². The first-order valence-electron chi connectivity index (χ1n) is 5.37. The van der Waals surface area contributed by atoms with E-state index in [0.29, 0.717) is 12.0 Å². The Kier molecular flexibility index (Phi) is 3.59. The third-order valence-electron chi connectivity index (χ3n) is 3.01. The molecule has 1 saturated carbocycles. The highest BCUT2D eigenvalue weighted by atomic mass is 79.9. The van der Waals surface area contributed by atoms with E-state index in [1.54, 1.807) is 6.20 Å². The molecular weight excluding hydrogens is 254 g/mol. The molecule has 1 aromatic heterocycles. The van der Waals surface area contributed by atoms with Crippen LogP contribution in [0, 0.1) is 5.92 Å². The van der Waals surface area contributed by atoms with E-state index < -0.39 is 0 Å². The van der Waals surface area contributed by atoms with Crippen molar-refractivity contribution in [2.45, 2.75) is 25.3 Å². The summed E-state index contributed by atoms with van der Waals surface area (Å²) in [5, 5.41) is 3.35. The van der Waals surface area contributed by atoms with Gasteiger partial charge in [-0.2, -0.15) is 0 Å². The maximum absolute atomic E-state index is 6.01. The molecular formula is C11H16BrN3. The second-order valence-electron chi connectivity index (χ2n) is 4.07. The smallest absolute Gasteiger partial charge is 0.140 e. The third kappa shape index (κ3) is 2.69. The second kappa shape index (κ2) is 4.94. The summed E-state index contributed by atoms with van der Waals surface area (Å²) in [5.41, 5.74) is 6.01. The Bertz CT molecular complexity index is 329. The summed E-state index contributed by atoms with van der Waals surface area (Å²) in [6, 6.07) is 4.26. The molecule has 0 saturated heterocycles. The standard InChI is InChI=1S/C11H16BrN3/c12-9-4-2-6-14-11(9)15-7-8-3-1-5-10(8)13/h2,4,6,8,10H,1,3,5,7,13H2,(H,14,15). The van der Waals surface area contributed by atoms with Crippen LogP contribution in [0.5, 0.6) is 0 Å². The van der Waals surface area contributed by atoms with Crippen LogP contribution in [0.4, 0.5) is 5.82 Å². The number of aromatic nitrogens is 1. The first-order valence-corrected chi connectivity index (χ1v) is 6.16. The fourth-order valence-electron chi connectivity index (χ4n) is 2.06. The van der Waals surface area contributed by atoms with Crippen molar-refractivity contribution in [1.82, 2.24) is 4.98 Å². The minimum absolute atomic E-state index is 0.361. The molecule has 4 heteroatoms. The summed E-state index contributed by atoms with van der Waals surface area (Å²) >= 11 is 3.46. The van der Waals surface area contributed by atoms with Crippen molar-refractivity contribution in [3.8, 4) is 0 Å². The SMILES string of the molecule is NC1CCCC1CNc1ncccc1Br. The van der Waals surface area contributed by atoms with Crippen molar-refractivity contribution < 1.29 is 0 Å². The lowest BCUT2D eigenvalue weighted by Crippen LogP contribution is -2.29. The van der Waals surface area contributed by atoms with Crippen molar-refractivity contribution in [3.63, 3.8) is 0 Å². The van der Waals surface area contributed by atoms with Gasteiger partial charge in [0.2, 0.25) is 0 Å².